The van der Waals surface area contributed by atoms with Crippen LogP contribution in [-0.4, -0.2) is 92.9 Å². The first-order valence-corrected chi connectivity index (χ1v) is 15.3. The van der Waals surface area contributed by atoms with E-state index in [1.54, 1.807) is 0 Å². The van der Waals surface area contributed by atoms with Gasteiger partial charge >= 0.3 is 6.09 Å². The van der Waals surface area contributed by atoms with Gasteiger partial charge in [-0.3, -0.25) is 10.1 Å². The van der Waals surface area contributed by atoms with Gasteiger partial charge in [-0.15, -0.1) is 0 Å². The van der Waals surface area contributed by atoms with Crippen molar-refractivity contribution in [3.63, 3.8) is 0 Å². The summed E-state index contributed by atoms with van der Waals surface area (Å²) in [6.07, 6.45) is 15.2. The highest BCUT2D eigenvalue weighted by Gasteiger charge is 2.28. The largest absolute Gasteiger partial charge is 0.446 e. The third kappa shape index (κ3) is 12.1. The molecule has 0 unspecified atom stereocenters. The van der Waals surface area contributed by atoms with Crippen LogP contribution in [0, 0.1) is 17.2 Å². The fourth-order valence-electron chi connectivity index (χ4n) is 5.82. The van der Waals surface area contributed by atoms with Gasteiger partial charge in [0, 0.05) is 13.1 Å². The van der Waals surface area contributed by atoms with Crippen LogP contribution in [0.4, 0.5) is 4.79 Å². The molecule has 4 fully saturated rings. The van der Waals surface area contributed by atoms with Crippen LogP contribution in [0.5, 0.6) is 0 Å². The number of nitriles is 1. The highest BCUT2D eigenvalue weighted by atomic mass is 16.6. The highest BCUT2D eigenvalue weighted by molar-refractivity contribution is 5.96. The van der Waals surface area contributed by atoms with Gasteiger partial charge in [-0.1, -0.05) is 44.9 Å². The van der Waals surface area contributed by atoms with E-state index in [4.69, 9.17) is 19.7 Å². The summed E-state index contributed by atoms with van der Waals surface area (Å²) < 4.78 is 11.1. The minimum atomic E-state index is -0.653. The molecular weight excluding hydrogens is 496 g/mol. The monoisotopic (exact) mass is 546 g/mol. The molecule has 2 saturated carbocycles. The van der Waals surface area contributed by atoms with E-state index in [0.29, 0.717) is 44.6 Å². The number of hydrogen-bond donors (Lipinski definition) is 2. The summed E-state index contributed by atoms with van der Waals surface area (Å²) in [6.45, 7) is 4.81. The predicted molar refractivity (Wildman–Crippen MR) is 151 cm³/mol. The number of likely N-dealkylation sites (tertiary alicyclic amines) is 1. The van der Waals surface area contributed by atoms with Gasteiger partial charge < -0.3 is 24.6 Å². The van der Waals surface area contributed by atoms with Gasteiger partial charge in [-0.05, 0) is 71.0 Å². The number of nitrogens with zero attached hydrogens (tertiary/aromatic N) is 4. The van der Waals surface area contributed by atoms with Crippen molar-refractivity contribution < 1.29 is 19.1 Å². The molecule has 10 nitrogen and oxygen atoms in total. The maximum atomic E-state index is 12.8. The molecule has 0 spiro atoms. The average Bonchev–Trinajstić information content (AvgIpc) is 2.97. The van der Waals surface area contributed by atoms with Crippen LogP contribution >= 0.6 is 0 Å². The molecule has 2 amide bonds. The highest BCUT2D eigenvalue weighted by Crippen LogP contribution is 2.28. The van der Waals surface area contributed by atoms with Gasteiger partial charge in [-0.25, -0.2) is 9.79 Å². The Balaban J connectivity index is 0.000000520. The Morgan fingerprint density at radius 3 is 2.15 bits per heavy atom. The summed E-state index contributed by atoms with van der Waals surface area (Å²) in [5, 5.41) is 14.4. The molecule has 10 heteroatoms. The smallest absolute Gasteiger partial charge is 0.414 e. The van der Waals surface area contributed by atoms with E-state index < -0.39 is 12.1 Å². The van der Waals surface area contributed by atoms with Crippen LogP contribution in [0.25, 0.3) is 0 Å². The van der Waals surface area contributed by atoms with Gasteiger partial charge in [0.2, 0.25) is 11.9 Å². The van der Waals surface area contributed by atoms with Crippen molar-refractivity contribution >= 4 is 18.0 Å². The van der Waals surface area contributed by atoms with Crippen LogP contribution in [0.3, 0.4) is 0 Å². The summed E-state index contributed by atoms with van der Waals surface area (Å²) in [4.78, 5) is 34.6. The molecule has 0 radical (unpaired) electrons. The van der Waals surface area contributed by atoms with Gasteiger partial charge in [0.05, 0.1) is 19.3 Å². The molecule has 39 heavy (non-hydrogen) atoms. The van der Waals surface area contributed by atoms with E-state index in [-0.39, 0.29) is 18.6 Å². The van der Waals surface area contributed by atoms with Gasteiger partial charge in [-0.2, -0.15) is 5.26 Å². The summed E-state index contributed by atoms with van der Waals surface area (Å²) in [5.74, 6) is 0.512. The van der Waals surface area contributed by atoms with E-state index in [1.807, 2.05) is 11.0 Å². The Morgan fingerprint density at radius 1 is 0.949 bits per heavy atom. The number of morpholine rings is 1. The molecule has 2 aliphatic carbocycles. The molecule has 220 valence electrons. The van der Waals surface area contributed by atoms with Crippen LogP contribution in [0.1, 0.15) is 89.9 Å². The lowest BCUT2D eigenvalue weighted by molar-refractivity contribution is -0.122. The standard InChI is InChI=1S/C23H37N5O4.C6H13N/c24-11-12-25-21(29)20(17-18-7-3-1-4-8-18)26-22(28-13-15-31-16-14-28)27-23(30)32-19-9-5-2-6-10-19;1-7-5-3-2-4-6-7/h18-20H,1-10,12-17H2,(H,25,29)(H,26,27,30);2-6H2,1H3/t20-;/m0./s1. The normalized spacial score (nSPS) is 22.6. The second-order valence-electron chi connectivity index (χ2n) is 11.3. The van der Waals surface area contributed by atoms with E-state index in [0.717, 1.165) is 38.5 Å². The Hall–Kier alpha value is -2.38. The number of guanidine groups is 1. The molecule has 4 rings (SSSR count). The first-order valence-electron chi connectivity index (χ1n) is 15.3. The summed E-state index contributed by atoms with van der Waals surface area (Å²) in [6, 6.07) is 1.30. The maximum absolute atomic E-state index is 12.8. The fourth-order valence-corrected chi connectivity index (χ4v) is 5.82. The maximum Gasteiger partial charge on any atom is 0.414 e. The lowest BCUT2D eigenvalue weighted by Gasteiger charge is -2.31. The quantitative estimate of drug-likeness (QED) is 0.295. The van der Waals surface area contributed by atoms with Crippen LogP contribution in [-0.2, 0) is 14.3 Å². The Bertz CT molecular complexity index is 792. The van der Waals surface area contributed by atoms with Crippen LogP contribution in [0.2, 0.25) is 0 Å². The minimum absolute atomic E-state index is 0.0560. The van der Waals surface area contributed by atoms with Crippen molar-refractivity contribution in [2.24, 2.45) is 10.9 Å². The molecule has 2 aliphatic heterocycles. The number of alkyl carbamates (subject to hydrolysis) is 1. The molecule has 2 N–H and O–H groups in total. The van der Waals surface area contributed by atoms with Crippen molar-refractivity contribution in [3.8, 4) is 6.07 Å². The molecular formula is C29H50N6O4. The van der Waals surface area contributed by atoms with Crippen molar-refractivity contribution in [1.29, 1.82) is 5.26 Å². The lowest BCUT2D eigenvalue weighted by Crippen LogP contribution is -2.51. The number of carbonyl (C=O) groups excluding carboxylic acids is 2. The van der Waals surface area contributed by atoms with Crippen molar-refractivity contribution in [3.05, 3.63) is 0 Å². The third-order valence-corrected chi connectivity index (χ3v) is 8.13. The summed E-state index contributed by atoms with van der Waals surface area (Å²) in [7, 11) is 2.19. The molecule has 0 aromatic heterocycles. The molecule has 2 saturated heterocycles. The zero-order chi connectivity index (χ0) is 27.7. The summed E-state index contributed by atoms with van der Waals surface area (Å²) >= 11 is 0. The SMILES string of the molecule is CN1CCCCC1.N#CCNC(=O)[C@H](CC1CCCCC1)N=C(NC(=O)OC1CCCCC1)N1CCOCC1. The number of carbonyl (C=O) groups is 2. The number of nitrogens with one attached hydrogen (secondary N) is 2. The molecule has 2 heterocycles. The van der Waals surface area contributed by atoms with Gasteiger partial charge in [0.15, 0.2) is 0 Å². The second kappa shape index (κ2) is 18.1. The molecule has 0 bridgehead atoms. The number of rotatable bonds is 6. The second-order valence-corrected chi connectivity index (χ2v) is 11.3. The Morgan fingerprint density at radius 2 is 1.56 bits per heavy atom. The summed E-state index contributed by atoms with van der Waals surface area (Å²) in [5.41, 5.74) is 0. The zero-order valence-electron chi connectivity index (χ0n) is 24.0. The lowest BCUT2D eigenvalue weighted by atomic mass is 9.85. The van der Waals surface area contributed by atoms with Crippen LogP contribution < -0.4 is 10.6 Å². The van der Waals surface area contributed by atoms with Crippen molar-refractivity contribution in [1.82, 2.24) is 20.4 Å². The Kier molecular flexibility index (Phi) is 14.4. The number of amides is 2. The first kappa shape index (κ1) is 31.2. The molecule has 1 atom stereocenters. The van der Waals surface area contributed by atoms with Crippen molar-refractivity contribution in [2.75, 3.05) is 53.0 Å². The van der Waals surface area contributed by atoms with Gasteiger partial charge in [0.25, 0.3) is 0 Å². The fraction of sp³-hybridized carbons (Fsp3) is 0.862. The van der Waals surface area contributed by atoms with Crippen molar-refractivity contribution in [2.45, 2.75) is 102 Å². The number of aliphatic imine (C=N–C) groups is 1. The third-order valence-electron chi connectivity index (χ3n) is 8.13. The van der Waals surface area contributed by atoms with Gasteiger partial charge in [0.1, 0.15) is 18.7 Å². The molecule has 4 aliphatic rings. The van der Waals surface area contributed by atoms with E-state index in [2.05, 4.69) is 22.6 Å². The average molecular weight is 547 g/mol. The predicted octanol–water partition coefficient (Wildman–Crippen LogP) is 3.81. The van der Waals surface area contributed by atoms with E-state index >= 15 is 0 Å². The van der Waals surface area contributed by atoms with E-state index in [9.17, 15) is 9.59 Å². The molecule has 0 aromatic carbocycles. The number of ether oxygens (including phenoxy) is 2. The minimum Gasteiger partial charge on any atom is -0.446 e. The van der Waals surface area contributed by atoms with Crippen LogP contribution in [0.15, 0.2) is 4.99 Å². The first-order chi connectivity index (χ1) is 19.0. The Labute approximate surface area is 234 Å². The van der Waals surface area contributed by atoms with E-state index in [1.165, 1.54) is 58.0 Å². The molecule has 0 aromatic rings. The topological polar surface area (TPSA) is 119 Å². The zero-order valence-corrected chi connectivity index (χ0v) is 24.0. The number of piperidine rings is 1. The number of hydrogen-bond acceptors (Lipinski definition) is 7.